The largest absolute Gasteiger partial charge is 0.284 e. The number of hydrogen-bond donors (Lipinski definition) is 0. The molecule has 0 saturated carbocycles. The van der Waals surface area contributed by atoms with Gasteiger partial charge in [0.15, 0.2) is 11.5 Å². The van der Waals surface area contributed by atoms with Crippen LogP contribution in [0.1, 0.15) is 30.3 Å². The summed E-state index contributed by atoms with van der Waals surface area (Å²) in [5.41, 5.74) is 0.769. The van der Waals surface area contributed by atoms with Crippen LogP contribution in [0.15, 0.2) is 18.3 Å². The van der Waals surface area contributed by atoms with Crippen molar-refractivity contribution in [1.29, 1.82) is 0 Å². The number of rotatable bonds is 1. The number of hydrogen-bond acceptors (Lipinski definition) is 3. The van der Waals surface area contributed by atoms with E-state index in [1.54, 1.807) is 0 Å². The van der Waals surface area contributed by atoms with Crippen LogP contribution < -0.4 is 0 Å². The van der Waals surface area contributed by atoms with E-state index in [9.17, 15) is 0 Å². The van der Waals surface area contributed by atoms with Crippen molar-refractivity contribution in [3.05, 3.63) is 29.2 Å². The van der Waals surface area contributed by atoms with Gasteiger partial charge in [-0.05, 0) is 30.7 Å². The third-order valence-corrected chi connectivity index (χ3v) is 4.55. The fraction of sp³-hybridized carbons (Fsp3) is 0.455. The summed E-state index contributed by atoms with van der Waals surface area (Å²) in [6.45, 7) is 0. The van der Waals surface area contributed by atoms with E-state index in [-0.39, 0.29) is 0 Å². The molecule has 1 aliphatic rings. The molecule has 1 fully saturated rings. The highest BCUT2D eigenvalue weighted by atomic mass is 35.5. The topological polar surface area (TPSA) is 30.2 Å². The van der Waals surface area contributed by atoms with Crippen molar-refractivity contribution >= 4 is 29.0 Å². The lowest BCUT2D eigenvalue weighted by atomic mass is 10.2. The maximum atomic E-state index is 6.08. The maximum Gasteiger partial charge on any atom is 0.179 e. The second-order valence-electron chi connectivity index (χ2n) is 3.96. The SMILES string of the molecule is Clc1cccn2c(C3CCCCS3)nnc12. The summed E-state index contributed by atoms with van der Waals surface area (Å²) >= 11 is 8.05. The molecule has 3 heterocycles. The van der Waals surface area contributed by atoms with Gasteiger partial charge in [-0.1, -0.05) is 18.0 Å². The number of pyridine rings is 1. The zero-order valence-electron chi connectivity index (χ0n) is 8.77. The van der Waals surface area contributed by atoms with E-state index in [1.807, 2.05) is 34.5 Å². The highest BCUT2D eigenvalue weighted by molar-refractivity contribution is 7.99. The average Bonchev–Trinajstić information content (AvgIpc) is 2.75. The van der Waals surface area contributed by atoms with Crippen LogP contribution in [0.4, 0.5) is 0 Å². The van der Waals surface area contributed by atoms with Crippen molar-refractivity contribution in [3.8, 4) is 0 Å². The van der Waals surface area contributed by atoms with Crippen LogP contribution in [-0.2, 0) is 0 Å². The molecule has 1 atom stereocenters. The zero-order chi connectivity index (χ0) is 11.0. The molecule has 3 nitrogen and oxygen atoms in total. The fourth-order valence-corrected chi connectivity index (χ4v) is 3.57. The van der Waals surface area contributed by atoms with Gasteiger partial charge in [0.1, 0.15) is 0 Å². The Morgan fingerprint density at radius 1 is 1.38 bits per heavy atom. The summed E-state index contributed by atoms with van der Waals surface area (Å²) in [6, 6.07) is 3.79. The van der Waals surface area contributed by atoms with Gasteiger partial charge in [0, 0.05) is 6.20 Å². The lowest BCUT2D eigenvalue weighted by Gasteiger charge is -2.19. The number of aromatic nitrogens is 3. The first-order chi connectivity index (χ1) is 7.86. The number of nitrogens with zero attached hydrogens (tertiary/aromatic N) is 3. The first kappa shape index (κ1) is 10.4. The Kier molecular flexibility index (Phi) is 2.77. The molecular formula is C11H12ClN3S. The van der Waals surface area contributed by atoms with Gasteiger partial charge in [-0.2, -0.15) is 11.8 Å². The monoisotopic (exact) mass is 253 g/mol. The highest BCUT2D eigenvalue weighted by Crippen LogP contribution is 2.37. The molecule has 5 heteroatoms. The fourth-order valence-electron chi connectivity index (χ4n) is 2.07. The van der Waals surface area contributed by atoms with E-state index in [4.69, 9.17) is 11.6 Å². The van der Waals surface area contributed by atoms with Crippen LogP contribution in [0.2, 0.25) is 5.02 Å². The summed E-state index contributed by atoms with van der Waals surface area (Å²) in [5, 5.41) is 9.59. The van der Waals surface area contributed by atoms with Gasteiger partial charge in [-0.25, -0.2) is 0 Å². The molecule has 0 amide bonds. The van der Waals surface area contributed by atoms with Crippen molar-refractivity contribution < 1.29 is 0 Å². The van der Waals surface area contributed by atoms with Crippen molar-refractivity contribution in [2.24, 2.45) is 0 Å². The molecule has 1 saturated heterocycles. The molecule has 2 aromatic heterocycles. The minimum Gasteiger partial charge on any atom is -0.284 e. The maximum absolute atomic E-state index is 6.08. The summed E-state index contributed by atoms with van der Waals surface area (Å²) in [4.78, 5) is 0. The molecule has 1 unspecified atom stereocenters. The molecular weight excluding hydrogens is 242 g/mol. The Morgan fingerprint density at radius 2 is 2.31 bits per heavy atom. The van der Waals surface area contributed by atoms with Crippen molar-refractivity contribution in [2.45, 2.75) is 24.5 Å². The quantitative estimate of drug-likeness (QED) is 0.781. The smallest absolute Gasteiger partial charge is 0.179 e. The molecule has 0 aromatic carbocycles. The first-order valence-electron chi connectivity index (χ1n) is 5.47. The van der Waals surface area contributed by atoms with Gasteiger partial charge in [0.25, 0.3) is 0 Å². The second-order valence-corrected chi connectivity index (χ2v) is 5.68. The van der Waals surface area contributed by atoms with Gasteiger partial charge in [0.2, 0.25) is 0 Å². The molecule has 0 radical (unpaired) electrons. The Balaban J connectivity index is 2.06. The number of fused-ring (bicyclic) bond motifs is 1. The van der Waals surface area contributed by atoms with Gasteiger partial charge in [-0.15, -0.1) is 10.2 Å². The van der Waals surface area contributed by atoms with Crippen molar-refractivity contribution in [2.75, 3.05) is 5.75 Å². The molecule has 16 heavy (non-hydrogen) atoms. The van der Waals surface area contributed by atoms with Crippen molar-refractivity contribution in [1.82, 2.24) is 14.6 Å². The summed E-state index contributed by atoms with van der Waals surface area (Å²) < 4.78 is 2.02. The molecule has 0 bridgehead atoms. The van der Waals surface area contributed by atoms with Crippen LogP contribution in [0.25, 0.3) is 5.65 Å². The van der Waals surface area contributed by atoms with E-state index < -0.39 is 0 Å². The first-order valence-corrected chi connectivity index (χ1v) is 6.89. The summed E-state index contributed by atoms with van der Waals surface area (Å²) in [6.07, 6.45) is 5.79. The highest BCUT2D eigenvalue weighted by Gasteiger charge is 2.21. The van der Waals surface area contributed by atoms with E-state index in [0.717, 1.165) is 11.5 Å². The summed E-state index contributed by atoms with van der Waals surface area (Å²) in [5.74, 6) is 2.27. The van der Waals surface area contributed by atoms with Crippen LogP contribution >= 0.6 is 23.4 Å². The van der Waals surface area contributed by atoms with Crippen LogP contribution in [-0.4, -0.2) is 20.4 Å². The van der Waals surface area contributed by atoms with E-state index in [1.165, 1.54) is 25.0 Å². The third-order valence-electron chi connectivity index (χ3n) is 2.88. The zero-order valence-corrected chi connectivity index (χ0v) is 10.3. The summed E-state index contributed by atoms with van der Waals surface area (Å²) in [7, 11) is 0. The standard InChI is InChI=1S/C11H12ClN3S/c12-8-4-3-6-15-10(8)13-14-11(15)9-5-1-2-7-16-9/h3-4,6,9H,1-2,5,7H2. The average molecular weight is 254 g/mol. The van der Waals surface area contributed by atoms with Gasteiger partial charge < -0.3 is 0 Å². The molecule has 0 spiro atoms. The third kappa shape index (κ3) is 1.70. The Hall–Kier alpha value is -0.740. The minimum absolute atomic E-state index is 0.474. The Labute approximate surface area is 103 Å². The van der Waals surface area contributed by atoms with Gasteiger partial charge >= 0.3 is 0 Å². The minimum atomic E-state index is 0.474. The van der Waals surface area contributed by atoms with E-state index in [0.29, 0.717) is 10.3 Å². The molecule has 3 rings (SSSR count). The van der Waals surface area contributed by atoms with E-state index >= 15 is 0 Å². The van der Waals surface area contributed by atoms with Gasteiger partial charge in [0.05, 0.1) is 10.3 Å². The molecule has 2 aromatic rings. The Morgan fingerprint density at radius 3 is 3.12 bits per heavy atom. The lowest BCUT2D eigenvalue weighted by molar-refractivity contribution is 0.657. The molecule has 0 N–H and O–H groups in total. The molecule has 0 aliphatic carbocycles. The van der Waals surface area contributed by atoms with Gasteiger partial charge in [-0.3, -0.25) is 4.40 Å². The van der Waals surface area contributed by atoms with E-state index in [2.05, 4.69) is 10.2 Å². The number of halogens is 1. The van der Waals surface area contributed by atoms with Crippen LogP contribution in [0.5, 0.6) is 0 Å². The van der Waals surface area contributed by atoms with Crippen LogP contribution in [0, 0.1) is 0 Å². The predicted molar refractivity (Wildman–Crippen MR) is 67.0 cm³/mol. The lowest BCUT2D eigenvalue weighted by Crippen LogP contribution is -2.06. The molecule has 84 valence electrons. The second kappa shape index (κ2) is 4.26. The van der Waals surface area contributed by atoms with Crippen LogP contribution in [0.3, 0.4) is 0 Å². The number of thioether (sulfide) groups is 1. The molecule has 1 aliphatic heterocycles. The normalized spacial score (nSPS) is 21.4. The Bertz CT molecular complexity index is 505. The van der Waals surface area contributed by atoms with Crippen molar-refractivity contribution in [3.63, 3.8) is 0 Å². The predicted octanol–water partition coefficient (Wildman–Crippen LogP) is 3.34.